The standard InChI is InChI=1S/C16H23NO/c1-4-17-13-11-16(3,15(2)9-10-15)18-14-8-6-5-7-12(13)14/h5-8,13,17H,4,9-11H2,1-3H3. The van der Waals surface area contributed by atoms with Crippen LogP contribution in [0.5, 0.6) is 5.75 Å². The minimum atomic E-state index is -0.0197. The lowest BCUT2D eigenvalue weighted by Crippen LogP contribution is -2.47. The van der Waals surface area contributed by atoms with Crippen molar-refractivity contribution in [2.24, 2.45) is 5.41 Å². The van der Waals surface area contributed by atoms with Crippen molar-refractivity contribution in [1.82, 2.24) is 5.32 Å². The molecule has 1 aliphatic carbocycles. The SMILES string of the molecule is CCNC1CC(C)(C2(C)CC2)Oc2ccccc21. The highest BCUT2D eigenvalue weighted by atomic mass is 16.5. The molecule has 1 N–H and O–H groups in total. The van der Waals surface area contributed by atoms with Crippen molar-refractivity contribution in [2.45, 2.75) is 51.7 Å². The van der Waals surface area contributed by atoms with Crippen LogP contribution in [0.1, 0.15) is 51.6 Å². The van der Waals surface area contributed by atoms with E-state index in [1.54, 1.807) is 0 Å². The molecule has 1 heterocycles. The number of hydrogen-bond donors (Lipinski definition) is 1. The Kier molecular flexibility index (Phi) is 2.67. The molecular weight excluding hydrogens is 222 g/mol. The first-order valence-corrected chi connectivity index (χ1v) is 7.09. The molecule has 2 atom stereocenters. The van der Waals surface area contributed by atoms with Gasteiger partial charge in [0.05, 0.1) is 0 Å². The second-order valence-corrected chi connectivity index (χ2v) is 6.25. The Hall–Kier alpha value is -1.02. The lowest BCUT2D eigenvalue weighted by atomic mass is 9.78. The Morgan fingerprint density at radius 2 is 2.00 bits per heavy atom. The minimum Gasteiger partial charge on any atom is -0.487 e. The van der Waals surface area contributed by atoms with Crippen molar-refractivity contribution in [1.29, 1.82) is 0 Å². The molecule has 2 unspecified atom stereocenters. The second-order valence-electron chi connectivity index (χ2n) is 6.25. The molecule has 3 rings (SSSR count). The fourth-order valence-electron chi connectivity index (χ4n) is 3.16. The van der Waals surface area contributed by atoms with Crippen LogP contribution in [0.4, 0.5) is 0 Å². The molecule has 0 spiro atoms. The maximum atomic E-state index is 6.38. The molecule has 0 radical (unpaired) electrons. The van der Waals surface area contributed by atoms with Gasteiger partial charge in [0, 0.05) is 23.4 Å². The summed E-state index contributed by atoms with van der Waals surface area (Å²) in [5.41, 5.74) is 1.67. The van der Waals surface area contributed by atoms with E-state index < -0.39 is 0 Å². The second kappa shape index (κ2) is 3.99. The summed E-state index contributed by atoms with van der Waals surface area (Å²) in [5.74, 6) is 1.07. The predicted molar refractivity (Wildman–Crippen MR) is 73.9 cm³/mol. The van der Waals surface area contributed by atoms with Crippen molar-refractivity contribution in [3.63, 3.8) is 0 Å². The Balaban J connectivity index is 1.97. The van der Waals surface area contributed by atoms with Crippen LogP contribution >= 0.6 is 0 Å². The van der Waals surface area contributed by atoms with Crippen LogP contribution in [0.2, 0.25) is 0 Å². The topological polar surface area (TPSA) is 21.3 Å². The molecule has 0 amide bonds. The van der Waals surface area contributed by atoms with E-state index in [9.17, 15) is 0 Å². The smallest absolute Gasteiger partial charge is 0.124 e. The third-order valence-corrected chi connectivity index (χ3v) is 4.95. The van der Waals surface area contributed by atoms with Crippen molar-refractivity contribution in [2.75, 3.05) is 6.54 Å². The van der Waals surface area contributed by atoms with E-state index in [4.69, 9.17) is 4.74 Å². The van der Waals surface area contributed by atoms with Crippen molar-refractivity contribution in [3.05, 3.63) is 29.8 Å². The molecule has 1 aromatic rings. The van der Waals surface area contributed by atoms with Gasteiger partial charge < -0.3 is 10.1 Å². The van der Waals surface area contributed by atoms with Crippen LogP contribution in [0.25, 0.3) is 0 Å². The zero-order valence-electron chi connectivity index (χ0n) is 11.6. The maximum absolute atomic E-state index is 6.38. The van der Waals surface area contributed by atoms with Crippen LogP contribution < -0.4 is 10.1 Å². The Labute approximate surface area is 110 Å². The van der Waals surface area contributed by atoms with E-state index in [1.807, 2.05) is 0 Å². The van der Waals surface area contributed by atoms with Crippen molar-refractivity contribution in [3.8, 4) is 5.75 Å². The molecule has 2 nitrogen and oxygen atoms in total. The van der Waals surface area contributed by atoms with E-state index in [0.29, 0.717) is 11.5 Å². The van der Waals surface area contributed by atoms with E-state index in [-0.39, 0.29) is 5.60 Å². The summed E-state index contributed by atoms with van der Waals surface area (Å²) in [6.45, 7) is 7.84. The average Bonchev–Trinajstić information content (AvgIpc) is 3.09. The Morgan fingerprint density at radius 3 is 2.67 bits per heavy atom. The van der Waals surface area contributed by atoms with Crippen LogP contribution in [0.3, 0.4) is 0 Å². The quantitative estimate of drug-likeness (QED) is 0.877. The average molecular weight is 245 g/mol. The summed E-state index contributed by atoms with van der Waals surface area (Å²) in [6, 6.07) is 8.92. The molecule has 1 aliphatic heterocycles. The number of rotatable bonds is 3. The van der Waals surface area contributed by atoms with Crippen LogP contribution in [0, 0.1) is 5.41 Å². The number of fused-ring (bicyclic) bond motifs is 1. The molecule has 0 bridgehead atoms. The number of para-hydroxylation sites is 1. The summed E-state index contributed by atoms with van der Waals surface area (Å²) in [4.78, 5) is 0. The van der Waals surface area contributed by atoms with Gasteiger partial charge >= 0.3 is 0 Å². The molecule has 0 saturated heterocycles. The van der Waals surface area contributed by atoms with Gasteiger partial charge in [0.1, 0.15) is 11.4 Å². The van der Waals surface area contributed by atoms with Gasteiger partial charge in [-0.25, -0.2) is 0 Å². The monoisotopic (exact) mass is 245 g/mol. The third-order valence-electron chi connectivity index (χ3n) is 4.95. The lowest BCUT2D eigenvalue weighted by Gasteiger charge is -2.44. The van der Waals surface area contributed by atoms with Crippen LogP contribution in [0.15, 0.2) is 24.3 Å². The van der Waals surface area contributed by atoms with Gasteiger partial charge in [0.15, 0.2) is 0 Å². The molecule has 2 heteroatoms. The number of ether oxygens (including phenoxy) is 1. The first kappa shape index (κ1) is 12.0. The molecule has 0 aromatic heterocycles. The largest absolute Gasteiger partial charge is 0.487 e. The highest BCUT2D eigenvalue weighted by Crippen LogP contribution is 2.59. The van der Waals surface area contributed by atoms with Gasteiger partial charge in [0.2, 0.25) is 0 Å². The fraction of sp³-hybridized carbons (Fsp3) is 0.625. The molecule has 1 aromatic carbocycles. The summed E-state index contributed by atoms with van der Waals surface area (Å²) < 4.78 is 6.38. The lowest BCUT2D eigenvalue weighted by molar-refractivity contribution is -0.0132. The first-order valence-electron chi connectivity index (χ1n) is 7.09. The molecule has 18 heavy (non-hydrogen) atoms. The first-order chi connectivity index (χ1) is 8.58. The van der Waals surface area contributed by atoms with E-state index in [0.717, 1.165) is 18.7 Å². The zero-order chi connectivity index (χ0) is 12.8. The van der Waals surface area contributed by atoms with Gasteiger partial charge in [-0.3, -0.25) is 0 Å². The van der Waals surface area contributed by atoms with Crippen LogP contribution in [-0.2, 0) is 0 Å². The molecule has 2 aliphatic rings. The summed E-state index contributed by atoms with van der Waals surface area (Å²) in [7, 11) is 0. The molecular formula is C16H23NO. The van der Waals surface area contributed by atoms with E-state index >= 15 is 0 Å². The highest BCUT2D eigenvalue weighted by Gasteiger charge is 2.57. The maximum Gasteiger partial charge on any atom is 0.124 e. The summed E-state index contributed by atoms with van der Waals surface area (Å²) >= 11 is 0. The predicted octanol–water partition coefficient (Wildman–Crippen LogP) is 3.68. The fourth-order valence-corrected chi connectivity index (χ4v) is 3.16. The highest BCUT2D eigenvalue weighted by molar-refractivity contribution is 5.39. The van der Waals surface area contributed by atoms with E-state index in [1.165, 1.54) is 18.4 Å². The summed E-state index contributed by atoms with van der Waals surface area (Å²) in [6.07, 6.45) is 3.67. The summed E-state index contributed by atoms with van der Waals surface area (Å²) in [5, 5.41) is 3.62. The molecule has 1 fully saturated rings. The normalized spacial score (nSPS) is 32.5. The Morgan fingerprint density at radius 1 is 1.28 bits per heavy atom. The third kappa shape index (κ3) is 1.74. The number of benzene rings is 1. The van der Waals surface area contributed by atoms with Gasteiger partial charge in [-0.1, -0.05) is 32.0 Å². The Bertz CT molecular complexity index is 452. The van der Waals surface area contributed by atoms with Gasteiger partial charge in [-0.05, 0) is 32.4 Å². The van der Waals surface area contributed by atoms with Gasteiger partial charge in [-0.2, -0.15) is 0 Å². The zero-order valence-corrected chi connectivity index (χ0v) is 11.6. The van der Waals surface area contributed by atoms with Gasteiger partial charge in [0.25, 0.3) is 0 Å². The van der Waals surface area contributed by atoms with Crippen molar-refractivity contribution >= 4 is 0 Å². The van der Waals surface area contributed by atoms with Crippen LogP contribution in [-0.4, -0.2) is 12.1 Å². The number of hydrogen-bond acceptors (Lipinski definition) is 2. The number of nitrogens with one attached hydrogen (secondary N) is 1. The molecule has 1 saturated carbocycles. The van der Waals surface area contributed by atoms with Crippen molar-refractivity contribution < 1.29 is 4.74 Å². The minimum absolute atomic E-state index is 0.0197. The van der Waals surface area contributed by atoms with Gasteiger partial charge in [-0.15, -0.1) is 0 Å². The molecule has 98 valence electrons. The van der Waals surface area contributed by atoms with E-state index in [2.05, 4.69) is 50.4 Å².